The Labute approximate surface area is 123 Å². The predicted octanol–water partition coefficient (Wildman–Crippen LogP) is 1.24. The van der Waals surface area contributed by atoms with Crippen LogP contribution in [0.3, 0.4) is 0 Å². The van der Waals surface area contributed by atoms with Crippen LogP contribution in [0.5, 0.6) is 0 Å². The Morgan fingerprint density at radius 2 is 1.95 bits per heavy atom. The average molecular weight is 286 g/mol. The largest absolute Gasteiger partial charge is 0.351 e. The van der Waals surface area contributed by atoms with Gasteiger partial charge in [0.05, 0.1) is 0 Å². The molecule has 1 aromatic rings. The van der Waals surface area contributed by atoms with Gasteiger partial charge in [0.2, 0.25) is 5.91 Å². The molecule has 110 valence electrons. The maximum atomic E-state index is 12.0. The number of aryl methyl sites for hydroxylation is 1. The molecule has 0 atom stereocenters. The van der Waals surface area contributed by atoms with E-state index in [9.17, 15) is 14.4 Å². The van der Waals surface area contributed by atoms with E-state index in [1.807, 2.05) is 0 Å². The van der Waals surface area contributed by atoms with Crippen molar-refractivity contribution >= 4 is 17.6 Å². The molecule has 5 nitrogen and oxygen atoms in total. The van der Waals surface area contributed by atoms with Gasteiger partial charge in [-0.15, -0.1) is 0 Å². The third-order valence-electron chi connectivity index (χ3n) is 3.41. The maximum absolute atomic E-state index is 12.0. The SMILES string of the molecule is C=CC(=O)NCCNC(=O)c1ccc2c(c1)CCCC2=O. The highest BCUT2D eigenvalue weighted by Gasteiger charge is 2.18. The van der Waals surface area contributed by atoms with Crippen LogP contribution in [0.2, 0.25) is 0 Å². The van der Waals surface area contributed by atoms with Gasteiger partial charge in [0.15, 0.2) is 5.78 Å². The van der Waals surface area contributed by atoms with Gasteiger partial charge >= 0.3 is 0 Å². The van der Waals surface area contributed by atoms with Gasteiger partial charge in [-0.2, -0.15) is 0 Å². The Kier molecular flexibility index (Phi) is 4.87. The highest BCUT2D eigenvalue weighted by molar-refractivity contribution is 6.00. The lowest BCUT2D eigenvalue weighted by molar-refractivity contribution is -0.116. The number of hydrogen-bond acceptors (Lipinski definition) is 3. The van der Waals surface area contributed by atoms with Crippen LogP contribution in [-0.4, -0.2) is 30.7 Å². The smallest absolute Gasteiger partial charge is 0.251 e. The fourth-order valence-electron chi connectivity index (χ4n) is 2.32. The highest BCUT2D eigenvalue weighted by Crippen LogP contribution is 2.22. The van der Waals surface area contributed by atoms with Gasteiger partial charge < -0.3 is 10.6 Å². The first kappa shape index (κ1) is 15.0. The third kappa shape index (κ3) is 3.78. The van der Waals surface area contributed by atoms with E-state index in [1.165, 1.54) is 6.08 Å². The molecule has 0 unspecified atom stereocenters. The van der Waals surface area contributed by atoms with Crippen LogP contribution >= 0.6 is 0 Å². The molecule has 0 spiro atoms. The van der Waals surface area contributed by atoms with Crippen molar-refractivity contribution in [1.82, 2.24) is 10.6 Å². The number of carbonyl (C=O) groups excluding carboxylic acids is 3. The van der Waals surface area contributed by atoms with Crippen LogP contribution in [-0.2, 0) is 11.2 Å². The van der Waals surface area contributed by atoms with Crippen molar-refractivity contribution in [3.8, 4) is 0 Å². The van der Waals surface area contributed by atoms with Crippen molar-refractivity contribution in [1.29, 1.82) is 0 Å². The van der Waals surface area contributed by atoms with Crippen LogP contribution in [0.25, 0.3) is 0 Å². The molecule has 2 rings (SSSR count). The number of fused-ring (bicyclic) bond motifs is 1. The summed E-state index contributed by atoms with van der Waals surface area (Å²) in [5, 5.41) is 5.30. The van der Waals surface area contributed by atoms with Crippen molar-refractivity contribution < 1.29 is 14.4 Å². The number of benzene rings is 1. The zero-order valence-corrected chi connectivity index (χ0v) is 11.8. The van der Waals surface area contributed by atoms with E-state index in [4.69, 9.17) is 0 Å². The lowest BCUT2D eigenvalue weighted by Gasteiger charge is -2.15. The van der Waals surface area contributed by atoms with E-state index in [1.54, 1.807) is 18.2 Å². The van der Waals surface area contributed by atoms with Crippen LogP contribution in [0.15, 0.2) is 30.9 Å². The van der Waals surface area contributed by atoms with Gasteiger partial charge in [0.25, 0.3) is 5.91 Å². The van der Waals surface area contributed by atoms with Crippen molar-refractivity contribution in [2.45, 2.75) is 19.3 Å². The Hall–Kier alpha value is -2.43. The fourth-order valence-corrected chi connectivity index (χ4v) is 2.32. The van der Waals surface area contributed by atoms with Crippen LogP contribution < -0.4 is 10.6 Å². The van der Waals surface area contributed by atoms with E-state index in [-0.39, 0.29) is 17.6 Å². The molecule has 2 N–H and O–H groups in total. The second kappa shape index (κ2) is 6.83. The Morgan fingerprint density at radius 1 is 1.19 bits per heavy atom. The lowest BCUT2D eigenvalue weighted by Crippen LogP contribution is -2.34. The zero-order chi connectivity index (χ0) is 15.2. The molecule has 2 amide bonds. The van der Waals surface area contributed by atoms with Gasteiger partial charge in [-0.3, -0.25) is 14.4 Å². The second-order valence-electron chi connectivity index (χ2n) is 4.90. The first-order valence-corrected chi connectivity index (χ1v) is 6.96. The molecule has 1 aliphatic carbocycles. The monoisotopic (exact) mass is 286 g/mol. The molecule has 0 saturated carbocycles. The summed E-state index contributed by atoms with van der Waals surface area (Å²) in [6.45, 7) is 4.03. The minimum Gasteiger partial charge on any atom is -0.351 e. The molecular formula is C16H18N2O3. The van der Waals surface area contributed by atoms with Crippen molar-refractivity contribution in [2.24, 2.45) is 0 Å². The topological polar surface area (TPSA) is 75.3 Å². The maximum Gasteiger partial charge on any atom is 0.251 e. The number of carbonyl (C=O) groups is 3. The Bertz CT molecular complexity index is 593. The van der Waals surface area contributed by atoms with Crippen LogP contribution in [0.1, 0.15) is 39.1 Å². The van der Waals surface area contributed by atoms with E-state index in [0.29, 0.717) is 25.1 Å². The standard InChI is InChI=1S/C16H18N2O3/c1-2-15(20)17-8-9-18-16(21)12-6-7-13-11(10-12)4-3-5-14(13)19/h2,6-7,10H,1,3-5,8-9H2,(H,17,20)(H,18,21). The summed E-state index contributed by atoms with van der Waals surface area (Å²) in [5.41, 5.74) is 2.22. The summed E-state index contributed by atoms with van der Waals surface area (Å²) in [6, 6.07) is 5.18. The quantitative estimate of drug-likeness (QED) is 0.631. The molecule has 21 heavy (non-hydrogen) atoms. The molecule has 0 saturated heterocycles. The second-order valence-corrected chi connectivity index (χ2v) is 4.90. The third-order valence-corrected chi connectivity index (χ3v) is 3.41. The zero-order valence-electron chi connectivity index (χ0n) is 11.8. The number of hydrogen-bond donors (Lipinski definition) is 2. The van der Waals surface area contributed by atoms with E-state index < -0.39 is 0 Å². The van der Waals surface area contributed by atoms with Gasteiger partial charge in [0.1, 0.15) is 0 Å². The highest BCUT2D eigenvalue weighted by atomic mass is 16.2. The summed E-state index contributed by atoms with van der Waals surface area (Å²) >= 11 is 0. The van der Waals surface area contributed by atoms with Gasteiger partial charge in [-0.1, -0.05) is 12.6 Å². The summed E-state index contributed by atoms with van der Waals surface area (Å²) < 4.78 is 0. The molecule has 0 radical (unpaired) electrons. The molecule has 0 aliphatic heterocycles. The van der Waals surface area contributed by atoms with E-state index in [0.717, 1.165) is 24.0 Å². The Balaban J connectivity index is 1.92. The number of rotatable bonds is 5. The van der Waals surface area contributed by atoms with E-state index >= 15 is 0 Å². The van der Waals surface area contributed by atoms with Gasteiger partial charge in [-0.25, -0.2) is 0 Å². The summed E-state index contributed by atoms with van der Waals surface area (Å²) in [7, 11) is 0. The molecule has 1 aliphatic rings. The van der Waals surface area contributed by atoms with Crippen LogP contribution in [0.4, 0.5) is 0 Å². The van der Waals surface area contributed by atoms with Crippen molar-refractivity contribution in [2.75, 3.05) is 13.1 Å². The molecule has 5 heteroatoms. The molecule has 0 fully saturated rings. The molecule has 1 aromatic carbocycles. The molecule has 0 bridgehead atoms. The molecule has 0 aromatic heterocycles. The number of ketones is 1. The lowest BCUT2D eigenvalue weighted by atomic mass is 9.89. The normalized spacial score (nSPS) is 13.2. The minimum atomic E-state index is -0.267. The number of nitrogens with one attached hydrogen (secondary N) is 2. The summed E-state index contributed by atoms with van der Waals surface area (Å²) in [6.07, 6.45) is 3.44. The van der Waals surface area contributed by atoms with Crippen molar-refractivity contribution in [3.63, 3.8) is 0 Å². The summed E-state index contributed by atoms with van der Waals surface area (Å²) in [4.78, 5) is 34.7. The summed E-state index contributed by atoms with van der Waals surface area (Å²) in [5.74, 6) is -0.324. The number of Topliss-reactive ketones (excluding diaryl/α,β-unsaturated/α-hetero) is 1. The molecule has 0 heterocycles. The van der Waals surface area contributed by atoms with Gasteiger partial charge in [-0.05, 0) is 36.6 Å². The first-order valence-electron chi connectivity index (χ1n) is 6.96. The van der Waals surface area contributed by atoms with Crippen molar-refractivity contribution in [3.05, 3.63) is 47.5 Å². The predicted molar refractivity (Wildman–Crippen MR) is 79.3 cm³/mol. The van der Waals surface area contributed by atoms with Gasteiger partial charge in [0, 0.05) is 30.6 Å². The average Bonchev–Trinajstić information content (AvgIpc) is 2.51. The van der Waals surface area contributed by atoms with Crippen LogP contribution in [0, 0.1) is 0 Å². The van der Waals surface area contributed by atoms with E-state index in [2.05, 4.69) is 17.2 Å². The first-order chi connectivity index (χ1) is 10.1. The minimum absolute atomic E-state index is 0.148. The Morgan fingerprint density at radius 3 is 2.71 bits per heavy atom. The molecular weight excluding hydrogens is 268 g/mol. The number of amides is 2. The fraction of sp³-hybridized carbons (Fsp3) is 0.312.